The molecule has 0 N–H and O–H groups in total. The summed E-state index contributed by atoms with van der Waals surface area (Å²) in [6.07, 6.45) is 0.687. The lowest BCUT2D eigenvalue weighted by atomic mass is 10.1. The molecule has 1 atom stereocenters. The van der Waals surface area contributed by atoms with Crippen molar-refractivity contribution in [2.75, 3.05) is 7.05 Å². The third-order valence-electron chi connectivity index (χ3n) is 3.18. The van der Waals surface area contributed by atoms with Gasteiger partial charge >= 0.3 is 0 Å². The molecule has 1 unspecified atom stereocenters. The number of hydrogen-bond acceptors (Lipinski definition) is 3. The Bertz CT molecular complexity index is 621. The first-order valence-electron chi connectivity index (χ1n) is 6.38. The fourth-order valence-electron chi connectivity index (χ4n) is 2.05. The third kappa shape index (κ3) is 3.35. The van der Waals surface area contributed by atoms with Crippen LogP contribution in [-0.4, -0.2) is 25.8 Å². The first kappa shape index (κ1) is 16.6. The normalized spacial score (nSPS) is 13.5. The Morgan fingerprint density at radius 3 is 2.45 bits per heavy atom. The van der Waals surface area contributed by atoms with Gasteiger partial charge < -0.3 is 0 Å². The van der Waals surface area contributed by atoms with Gasteiger partial charge in [0, 0.05) is 13.1 Å². The highest BCUT2D eigenvalue weighted by molar-refractivity contribution is 7.89. The van der Waals surface area contributed by atoms with Crippen molar-refractivity contribution in [2.45, 2.75) is 38.1 Å². The van der Waals surface area contributed by atoms with Crippen molar-refractivity contribution in [3.63, 3.8) is 0 Å². The summed E-state index contributed by atoms with van der Waals surface area (Å²) in [5.74, 6) is -0.482. The highest BCUT2D eigenvalue weighted by atomic mass is 32.2. The van der Waals surface area contributed by atoms with Gasteiger partial charge in [-0.2, -0.15) is 9.57 Å². The Labute approximate surface area is 119 Å². The van der Waals surface area contributed by atoms with E-state index in [0.29, 0.717) is 12.3 Å². The molecule has 0 radical (unpaired) electrons. The van der Waals surface area contributed by atoms with Gasteiger partial charge in [-0.15, -0.1) is 0 Å². The summed E-state index contributed by atoms with van der Waals surface area (Å²) in [7, 11) is -2.43. The Hall–Kier alpha value is -1.45. The molecule has 1 aromatic carbocycles. The molecule has 1 rings (SSSR count). The van der Waals surface area contributed by atoms with Crippen LogP contribution in [-0.2, 0) is 10.0 Å². The first-order valence-corrected chi connectivity index (χ1v) is 7.82. The summed E-state index contributed by atoms with van der Waals surface area (Å²) in [5.41, 5.74) is -0.434. The average Bonchev–Trinajstić information content (AvgIpc) is 2.36. The van der Waals surface area contributed by atoms with E-state index in [1.807, 2.05) is 13.8 Å². The molecule has 1 aromatic rings. The first-order chi connectivity index (χ1) is 9.21. The zero-order valence-corrected chi connectivity index (χ0v) is 12.9. The van der Waals surface area contributed by atoms with Crippen molar-refractivity contribution in [3.05, 3.63) is 29.6 Å². The molecule has 110 valence electrons. The molecular weight excluding hydrogens is 279 g/mol. The maximum absolute atomic E-state index is 13.5. The van der Waals surface area contributed by atoms with Gasteiger partial charge in [0.15, 0.2) is 0 Å². The molecule has 0 fully saturated rings. The Morgan fingerprint density at radius 1 is 1.35 bits per heavy atom. The van der Waals surface area contributed by atoms with E-state index >= 15 is 0 Å². The number of sulfonamides is 1. The molecule has 0 heterocycles. The molecule has 0 aliphatic heterocycles. The van der Waals surface area contributed by atoms with E-state index in [-0.39, 0.29) is 10.9 Å². The van der Waals surface area contributed by atoms with E-state index < -0.39 is 21.4 Å². The van der Waals surface area contributed by atoms with Gasteiger partial charge in [0.1, 0.15) is 22.3 Å². The standard InChI is InChI=1S/C14H19FN2O2S/c1-10(2)8-11(3)17(4)20(18,19)14-7-5-6-13(15)12(14)9-16/h5-7,10-11H,8H2,1-4H3. The van der Waals surface area contributed by atoms with Crippen molar-refractivity contribution in [2.24, 2.45) is 5.92 Å². The highest BCUT2D eigenvalue weighted by Gasteiger charge is 2.29. The zero-order chi connectivity index (χ0) is 15.5. The van der Waals surface area contributed by atoms with Crippen molar-refractivity contribution in [1.29, 1.82) is 5.26 Å². The van der Waals surface area contributed by atoms with Crippen molar-refractivity contribution >= 4 is 10.0 Å². The van der Waals surface area contributed by atoms with Crippen LogP contribution >= 0.6 is 0 Å². The summed E-state index contributed by atoms with van der Waals surface area (Å²) in [6.45, 7) is 5.79. The smallest absolute Gasteiger partial charge is 0.207 e. The molecule has 0 saturated carbocycles. The Kier molecular flexibility index (Phi) is 5.26. The molecular formula is C14H19FN2O2S. The van der Waals surface area contributed by atoms with Crippen LogP contribution in [0.2, 0.25) is 0 Å². The van der Waals surface area contributed by atoms with Crippen LogP contribution in [0.5, 0.6) is 0 Å². The van der Waals surface area contributed by atoms with E-state index in [2.05, 4.69) is 0 Å². The monoisotopic (exact) mass is 298 g/mol. The maximum Gasteiger partial charge on any atom is 0.244 e. The average molecular weight is 298 g/mol. The summed E-state index contributed by atoms with van der Waals surface area (Å²) >= 11 is 0. The minimum Gasteiger partial charge on any atom is -0.207 e. The van der Waals surface area contributed by atoms with Gasteiger partial charge in [-0.3, -0.25) is 0 Å². The van der Waals surface area contributed by atoms with Crippen molar-refractivity contribution < 1.29 is 12.8 Å². The lowest BCUT2D eigenvalue weighted by molar-refractivity contribution is 0.337. The minimum absolute atomic E-state index is 0.227. The highest BCUT2D eigenvalue weighted by Crippen LogP contribution is 2.24. The van der Waals surface area contributed by atoms with E-state index in [4.69, 9.17) is 5.26 Å². The molecule has 20 heavy (non-hydrogen) atoms. The SMILES string of the molecule is CC(C)CC(C)N(C)S(=O)(=O)c1cccc(F)c1C#N. The van der Waals surface area contributed by atoms with Gasteiger partial charge in [-0.25, -0.2) is 12.8 Å². The summed E-state index contributed by atoms with van der Waals surface area (Å²) in [6, 6.07) is 5.03. The second-order valence-corrected chi connectivity index (χ2v) is 7.19. The second-order valence-electron chi connectivity index (χ2n) is 5.22. The van der Waals surface area contributed by atoms with Gasteiger partial charge in [-0.05, 0) is 31.4 Å². The lowest BCUT2D eigenvalue weighted by Gasteiger charge is -2.26. The van der Waals surface area contributed by atoms with Crippen molar-refractivity contribution in [3.8, 4) is 6.07 Å². The molecule has 0 aliphatic carbocycles. The van der Waals surface area contributed by atoms with Crippen LogP contribution in [0.3, 0.4) is 0 Å². The summed E-state index contributed by atoms with van der Waals surface area (Å²) in [4.78, 5) is -0.280. The van der Waals surface area contributed by atoms with E-state index in [9.17, 15) is 12.8 Å². The predicted octanol–water partition coefficient (Wildman–Crippen LogP) is 2.75. The quantitative estimate of drug-likeness (QED) is 0.839. The molecule has 4 nitrogen and oxygen atoms in total. The predicted molar refractivity (Wildman–Crippen MR) is 75.0 cm³/mol. The molecule has 6 heteroatoms. The molecule has 0 saturated heterocycles. The fourth-order valence-corrected chi connectivity index (χ4v) is 3.57. The van der Waals surface area contributed by atoms with Crippen LogP contribution in [0.25, 0.3) is 0 Å². The van der Waals surface area contributed by atoms with Crippen LogP contribution in [0.4, 0.5) is 4.39 Å². The molecule has 0 amide bonds. The number of benzene rings is 1. The van der Waals surface area contributed by atoms with Crippen LogP contribution < -0.4 is 0 Å². The van der Waals surface area contributed by atoms with Gasteiger partial charge in [0.25, 0.3) is 0 Å². The number of nitrogens with zero attached hydrogens (tertiary/aromatic N) is 2. The molecule has 0 spiro atoms. The Morgan fingerprint density at radius 2 is 1.95 bits per heavy atom. The number of rotatable bonds is 5. The van der Waals surface area contributed by atoms with E-state index in [1.54, 1.807) is 13.0 Å². The largest absolute Gasteiger partial charge is 0.244 e. The number of hydrogen-bond donors (Lipinski definition) is 0. The fraction of sp³-hybridized carbons (Fsp3) is 0.500. The van der Waals surface area contributed by atoms with Crippen LogP contribution in [0, 0.1) is 23.1 Å². The van der Waals surface area contributed by atoms with Crippen LogP contribution in [0.15, 0.2) is 23.1 Å². The lowest BCUT2D eigenvalue weighted by Crippen LogP contribution is -2.36. The minimum atomic E-state index is -3.88. The molecule has 0 aliphatic rings. The summed E-state index contributed by atoms with van der Waals surface area (Å²) in [5, 5.41) is 8.96. The Balaban J connectivity index is 3.25. The van der Waals surface area contributed by atoms with E-state index in [1.165, 1.54) is 23.5 Å². The number of halogens is 1. The number of nitriles is 1. The van der Waals surface area contributed by atoms with Gasteiger partial charge in [0.05, 0.1) is 0 Å². The second kappa shape index (κ2) is 6.33. The van der Waals surface area contributed by atoms with E-state index in [0.717, 1.165) is 6.07 Å². The van der Waals surface area contributed by atoms with Gasteiger partial charge in [-0.1, -0.05) is 19.9 Å². The van der Waals surface area contributed by atoms with Gasteiger partial charge in [0.2, 0.25) is 10.0 Å². The topological polar surface area (TPSA) is 61.2 Å². The maximum atomic E-state index is 13.5. The molecule has 0 bridgehead atoms. The van der Waals surface area contributed by atoms with Crippen LogP contribution in [0.1, 0.15) is 32.8 Å². The zero-order valence-electron chi connectivity index (χ0n) is 12.1. The molecule has 0 aromatic heterocycles. The van der Waals surface area contributed by atoms with Crippen molar-refractivity contribution in [1.82, 2.24) is 4.31 Å². The third-order valence-corrected chi connectivity index (χ3v) is 5.19. The summed E-state index contributed by atoms with van der Waals surface area (Å²) < 4.78 is 39.7.